The van der Waals surface area contributed by atoms with Crippen molar-refractivity contribution >= 4 is 17.2 Å². The van der Waals surface area contributed by atoms with Crippen LogP contribution in [0.4, 0.5) is 5.82 Å². The Balaban J connectivity index is 2.06. The molecule has 2 N–H and O–H groups in total. The largest absolute Gasteiger partial charge is 0.382 e. The number of nitrogens with two attached hydrogens (primary N) is 1. The van der Waals surface area contributed by atoms with Gasteiger partial charge in [-0.3, -0.25) is 4.98 Å². The number of nitrogen functional groups attached to an aromatic ring is 1. The molecule has 0 fully saturated rings. The van der Waals surface area contributed by atoms with Gasteiger partial charge < -0.3 is 5.73 Å². The Kier molecular flexibility index (Phi) is 2.52. The Hall–Kier alpha value is -2.28. The van der Waals surface area contributed by atoms with Gasteiger partial charge in [0.15, 0.2) is 0 Å². The van der Waals surface area contributed by atoms with E-state index in [9.17, 15) is 0 Å². The van der Waals surface area contributed by atoms with Gasteiger partial charge in [-0.2, -0.15) is 5.10 Å². The van der Waals surface area contributed by atoms with Crippen molar-refractivity contribution in [2.24, 2.45) is 0 Å². The molecule has 0 saturated heterocycles. The first-order chi connectivity index (χ1) is 8.74. The molecule has 3 rings (SSSR count). The lowest BCUT2D eigenvalue weighted by molar-refractivity contribution is 0.853. The summed E-state index contributed by atoms with van der Waals surface area (Å²) in [4.78, 5) is 12.5. The molecule has 0 aromatic carbocycles. The lowest BCUT2D eigenvalue weighted by Crippen LogP contribution is -1.93. The van der Waals surface area contributed by atoms with Gasteiger partial charge in [0.1, 0.15) is 5.82 Å². The predicted molar refractivity (Wildman–Crippen MR) is 69.4 cm³/mol. The van der Waals surface area contributed by atoms with E-state index in [1.165, 1.54) is 17.5 Å². The number of aryl methyl sites for hydroxylation is 1. The molecule has 3 heterocycles. The Morgan fingerprint density at radius 2 is 2.11 bits per heavy atom. The normalized spacial score (nSPS) is 10.7. The van der Waals surface area contributed by atoms with Crippen LogP contribution >= 0.6 is 11.3 Å². The summed E-state index contributed by atoms with van der Waals surface area (Å²) < 4.78 is 1.74. The van der Waals surface area contributed by atoms with Gasteiger partial charge in [0, 0.05) is 23.3 Å². The first-order valence-corrected chi connectivity index (χ1v) is 6.16. The maximum Gasteiger partial charge on any atom is 0.210 e. The monoisotopic (exact) mass is 258 g/mol. The van der Waals surface area contributed by atoms with Crippen LogP contribution in [0.5, 0.6) is 0 Å². The van der Waals surface area contributed by atoms with Crippen molar-refractivity contribution in [1.82, 2.24) is 24.7 Å². The average molecular weight is 258 g/mol. The van der Waals surface area contributed by atoms with Crippen molar-refractivity contribution in [2.75, 3.05) is 5.73 Å². The topological polar surface area (TPSA) is 82.5 Å². The van der Waals surface area contributed by atoms with Crippen LogP contribution in [0.1, 0.15) is 5.69 Å². The van der Waals surface area contributed by atoms with Crippen LogP contribution in [0.25, 0.3) is 16.4 Å². The molecular formula is C11H10N6S. The van der Waals surface area contributed by atoms with Gasteiger partial charge in [-0.15, -0.1) is 11.3 Å². The van der Waals surface area contributed by atoms with Gasteiger partial charge in [0.05, 0.1) is 23.8 Å². The molecule has 0 atom stereocenters. The number of thiazole rings is 1. The molecule has 6 nitrogen and oxygen atoms in total. The zero-order valence-corrected chi connectivity index (χ0v) is 10.4. The van der Waals surface area contributed by atoms with Crippen LogP contribution in [0, 0.1) is 6.92 Å². The minimum absolute atomic E-state index is 0.406. The third kappa shape index (κ3) is 1.84. The van der Waals surface area contributed by atoms with Crippen LogP contribution in [0.3, 0.4) is 0 Å². The third-order valence-corrected chi connectivity index (χ3v) is 3.22. The number of anilines is 1. The van der Waals surface area contributed by atoms with Crippen LogP contribution in [-0.4, -0.2) is 24.7 Å². The van der Waals surface area contributed by atoms with Crippen LogP contribution in [0.15, 0.2) is 30.2 Å². The second kappa shape index (κ2) is 4.19. The van der Waals surface area contributed by atoms with Gasteiger partial charge in [-0.05, 0) is 6.92 Å². The number of rotatable bonds is 2. The summed E-state index contributed by atoms with van der Waals surface area (Å²) in [6.07, 6.45) is 6.83. The molecule has 0 saturated carbocycles. The molecule has 0 radical (unpaired) electrons. The maximum atomic E-state index is 5.52. The fraction of sp³-hybridized carbons (Fsp3) is 0.0909. The lowest BCUT2D eigenvalue weighted by atomic mass is 10.2. The van der Waals surface area contributed by atoms with Crippen molar-refractivity contribution in [2.45, 2.75) is 6.92 Å². The van der Waals surface area contributed by atoms with Gasteiger partial charge in [0.2, 0.25) is 5.13 Å². The molecule has 0 spiro atoms. The van der Waals surface area contributed by atoms with Gasteiger partial charge in [-0.1, -0.05) is 0 Å². The van der Waals surface area contributed by atoms with E-state index in [4.69, 9.17) is 5.73 Å². The Labute approximate surface area is 107 Å². The minimum Gasteiger partial charge on any atom is -0.382 e. The second-order valence-corrected chi connectivity index (χ2v) is 4.59. The van der Waals surface area contributed by atoms with E-state index in [0.29, 0.717) is 5.82 Å². The number of hydrogen-bond donors (Lipinski definition) is 1. The third-order valence-electron chi connectivity index (χ3n) is 2.46. The molecule has 0 bridgehead atoms. The number of nitrogens with zero attached hydrogens (tertiary/aromatic N) is 5. The van der Waals surface area contributed by atoms with Crippen LogP contribution < -0.4 is 5.73 Å². The Morgan fingerprint density at radius 1 is 1.22 bits per heavy atom. The zero-order valence-electron chi connectivity index (χ0n) is 9.61. The molecule has 7 heteroatoms. The summed E-state index contributed by atoms with van der Waals surface area (Å²) in [5, 5.41) is 7.16. The minimum atomic E-state index is 0.406. The fourth-order valence-corrected chi connectivity index (χ4v) is 2.18. The van der Waals surface area contributed by atoms with E-state index < -0.39 is 0 Å². The summed E-state index contributed by atoms with van der Waals surface area (Å²) in [6.45, 7) is 1.93. The molecule has 3 aromatic rings. The van der Waals surface area contributed by atoms with Crippen molar-refractivity contribution in [1.29, 1.82) is 0 Å². The first kappa shape index (κ1) is 10.8. The fourth-order valence-electron chi connectivity index (χ4n) is 1.62. The molecule has 0 unspecified atom stereocenters. The van der Waals surface area contributed by atoms with Crippen molar-refractivity contribution in [3.63, 3.8) is 0 Å². The van der Waals surface area contributed by atoms with Gasteiger partial charge in [-0.25, -0.2) is 14.6 Å². The van der Waals surface area contributed by atoms with E-state index >= 15 is 0 Å². The highest BCUT2D eigenvalue weighted by Gasteiger charge is 2.11. The molecule has 0 aliphatic heterocycles. The highest BCUT2D eigenvalue weighted by molar-refractivity contribution is 7.12. The smallest absolute Gasteiger partial charge is 0.210 e. The summed E-state index contributed by atoms with van der Waals surface area (Å²) in [5.74, 6) is 0.406. The summed E-state index contributed by atoms with van der Waals surface area (Å²) >= 11 is 1.53. The van der Waals surface area contributed by atoms with E-state index in [1.807, 2.05) is 18.5 Å². The zero-order chi connectivity index (χ0) is 12.5. The van der Waals surface area contributed by atoms with Gasteiger partial charge in [0.25, 0.3) is 0 Å². The molecule has 0 aliphatic carbocycles. The van der Waals surface area contributed by atoms with E-state index in [2.05, 4.69) is 20.1 Å². The average Bonchev–Trinajstić information content (AvgIpc) is 2.99. The van der Waals surface area contributed by atoms with Crippen LogP contribution in [-0.2, 0) is 0 Å². The second-order valence-electron chi connectivity index (χ2n) is 3.71. The van der Waals surface area contributed by atoms with Crippen molar-refractivity contribution in [3.8, 4) is 16.4 Å². The number of hydrogen-bond acceptors (Lipinski definition) is 6. The molecular weight excluding hydrogens is 248 g/mol. The van der Waals surface area contributed by atoms with Crippen LogP contribution in [0.2, 0.25) is 0 Å². The Morgan fingerprint density at radius 3 is 2.78 bits per heavy atom. The highest BCUT2D eigenvalue weighted by Crippen LogP contribution is 2.22. The number of aromatic nitrogens is 5. The van der Waals surface area contributed by atoms with Crippen molar-refractivity contribution < 1.29 is 0 Å². The molecule has 3 aromatic heterocycles. The molecule has 90 valence electrons. The van der Waals surface area contributed by atoms with Gasteiger partial charge >= 0.3 is 0 Å². The standard InChI is InChI=1S/C11H10N6S/c1-7-8(9-4-15-10(12)5-14-9)6-17(16-7)11-13-2-3-18-11/h2-6H,1H3,(H2,12,15). The summed E-state index contributed by atoms with van der Waals surface area (Å²) in [6, 6.07) is 0. The SMILES string of the molecule is Cc1nn(-c2nccs2)cc1-c1cnc(N)cn1. The lowest BCUT2D eigenvalue weighted by Gasteiger charge is -1.97. The Bertz CT molecular complexity index is 655. The van der Waals surface area contributed by atoms with E-state index in [0.717, 1.165) is 22.1 Å². The first-order valence-electron chi connectivity index (χ1n) is 5.28. The van der Waals surface area contributed by atoms with E-state index in [1.54, 1.807) is 17.1 Å². The highest BCUT2D eigenvalue weighted by atomic mass is 32.1. The molecule has 18 heavy (non-hydrogen) atoms. The summed E-state index contributed by atoms with van der Waals surface area (Å²) in [7, 11) is 0. The van der Waals surface area contributed by atoms with E-state index in [-0.39, 0.29) is 0 Å². The maximum absolute atomic E-state index is 5.52. The van der Waals surface area contributed by atoms with Crippen molar-refractivity contribution in [3.05, 3.63) is 35.9 Å². The summed E-state index contributed by atoms with van der Waals surface area (Å²) in [5.41, 5.74) is 8.08. The predicted octanol–water partition coefficient (Wildman–Crippen LogP) is 1.68. The quantitative estimate of drug-likeness (QED) is 0.756. The molecule has 0 amide bonds. The molecule has 0 aliphatic rings.